The summed E-state index contributed by atoms with van der Waals surface area (Å²) in [5, 5.41) is 3.47. The smallest absolute Gasteiger partial charge is 0.224 e. The van der Waals surface area contributed by atoms with Crippen molar-refractivity contribution in [3.05, 3.63) is 35.9 Å². The summed E-state index contributed by atoms with van der Waals surface area (Å²) in [6.45, 7) is 4.21. The third-order valence-electron chi connectivity index (χ3n) is 5.17. The van der Waals surface area contributed by atoms with E-state index < -0.39 is 0 Å². The highest BCUT2D eigenvalue weighted by Gasteiger charge is 2.27. The van der Waals surface area contributed by atoms with Crippen LogP contribution in [0.25, 0.3) is 0 Å². The summed E-state index contributed by atoms with van der Waals surface area (Å²) in [5.74, 6) is 2.53. The van der Waals surface area contributed by atoms with Crippen LogP contribution in [-0.2, 0) is 11.3 Å². The van der Waals surface area contributed by atoms with Gasteiger partial charge in [0.25, 0.3) is 0 Å². The van der Waals surface area contributed by atoms with Gasteiger partial charge in [0, 0.05) is 63.2 Å². The largest absolute Gasteiger partial charge is 0.343 e. The Morgan fingerprint density at radius 2 is 2.04 bits per heavy atom. The standard InChI is InChI=1S/C19H29N3OS/c1-21(19(23)13-17-15-24-12-9-20-17)18-7-10-22(11-8-18)14-16-5-3-2-4-6-16/h2-6,17-18,20H,7-15H2,1H3/t17-/m1/s1. The monoisotopic (exact) mass is 347 g/mol. The van der Waals surface area contributed by atoms with Crippen LogP contribution in [0.4, 0.5) is 0 Å². The molecule has 2 saturated heterocycles. The van der Waals surface area contributed by atoms with Crippen molar-refractivity contribution in [3.8, 4) is 0 Å². The second-order valence-corrected chi connectivity index (χ2v) is 8.08. The molecule has 0 spiro atoms. The molecule has 1 atom stereocenters. The number of hydrogen-bond acceptors (Lipinski definition) is 4. The van der Waals surface area contributed by atoms with Crippen LogP contribution in [0.5, 0.6) is 0 Å². The third-order valence-corrected chi connectivity index (χ3v) is 6.30. The zero-order chi connectivity index (χ0) is 16.8. The minimum absolute atomic E-state index is 0.302. The van der Waals surface area contributed by atoms with Gasteiger partial charge >= 0.3 is 0 Å². The SMILES string of the molecule is CN(C(=O)C[C@@H]1CSCCN1)C1CCN(Cc2ccccc2)CC1. The second kappa shape index (κ2) is 8.88. The molecule has 5 heteroatoms. The fraction of sp³-hybridized carbons (Fsp3) is 0.632. The summed E-state index contributed by atoms with van der Waals surface area (Å²) in [6.07, 6.45) is 2.82. The minimum Gasteiger partial charge on any atom is -0.343 e. The van der Waals surface area contributed by atoms with Crippen molar-refractivity contribution in [1.29, 1.82) is 0 Å². The first-order valence-corrected chi connectivity index (χ1v) is 10.2. The Morgan fingerprint density at radius 1 is 1.29 bits per heavy atom. The normalized spacial score (nSPS) is 23.1. The van der Waals surface area contributed by atoms with Gasteiger partial charge in [0.15, 0.2) is 0 Å². The van der Waals surface area contributed by atoms with E-state index in [1.54, 1.807) is 0 Å². The first-order valence-electron chi connectivity index (χ1n) is 9.05. The van der Waals surface area contributed by atoms with Gasteiger partial charge in [0.2, 0.25) is 5.91 Å². The Kier molecular flexibility index (Phi) is 6.58. The lowest BCUT2D eigenvalue weighted by atomic mass is 10.0. The van der Waals surface area contributed by atoms with Crippen LogP contribution in [0, 0.1) is 0 Å². The lowest BCUT2D eigenvalue weighted by Crippen LogP contribution is -2.48. The number of nitrogens with one attached hydrogen (secondary N) is 1. The van der Waals surface area contributed by atoms with E-state index >= 15 is 0 Å². The van der Waals surface area contributed by atoms with E-state index in [4.69, 9.17) is 0 Å². The lowest BCUT2D eigenvalue weighted by molar-refractivity contribution is -0.133. The van der Waals surface area contributed by atoms with Gasteiger partial charge in [-0.25, -0.2) is 0 Å². The van der Waals surface area contributed by atoms with E-state index in [1.807, 2.05) is 23.7 Å². The first kappa shape index (κ1) is 17.8. The minimum atomic E-state index is 0.302. The van der Waals surface area contributed by atoms with Crippen LogP contribution in [0.15, 0.2) is 30.3 Å². The van der Waals surface area contributed by atoms with E-state index in [2.05, 4.69) is 40.5 Å². The molecule has 2 fully saturated rings. The Morgan fingerprint density at radius 3 is 2.71 bits per heavy atom. The van der Waals surface area contributed by atoms with Gasteiger partial charge in [-0.15, -0.1) is 0 Å². The number of hydrogen-bond donors (Lipinski definition) is 1. The maximum Gasteiger partial charge on any atom is 0.224 e. The average molecular weight is 348 g/mol. The zero-order valence-electron chi connectivity index (χ0n) is 14.6. The number of benzene rings is 1. The number of carbonyl (C=O) groups is 1. The third kappa shape index (κ3) is 4.98. The van der Waals surface area contributed by atoms with E-state index in [9.17, 15) is 4.79 Å². The molecule has 2 heterocycles. The predicted octanol–water partition coefficient (Wildman–Crippen LogP) is 2.20. The van der Waals surface area contributed by atoms with Gasteiger partial charge in [0.1, 0.15) is 0 Å². The van der Waals surface area contributed by atoms with Crippen LogP contribution in [-0.4, -0.2) is 66.0 Å². The Hall–Kier alpha value is -1.04. The van der Waals surface area contributed by atoms with Crippen LogP contribution < -0.4 is 5.32 Å². The molecule has 24 heavy (non-hydrogen) atoms. The van der Waals surface area contributed by atoms with Gasteiger partial charge in [0.05, 0.1) is 0 Å². The van der Waals surface area contributed by atoms with Gasteiger partial charge in [-0.2, -0.15) is 11.8 Å². The number of nitrogens with zero attached hydrogens (tertiary/aromatic N) is 2. The number of amides is 1. The van der Waals surface area contributed by atoms with Crippen molar-refractivity contribution in [2.75, 3.05) is 38.2 Å². The second-order valence-electron chi connectivity index (χ2n) is 6.93. The maximum atomic E-state index is 12.5. The number of carbonyl (C=O) groups excluding carboxylic acids is 1. The highest BCUT2D eigenvalue weighted by Crippen LogP contribution is 2.19. The van der Waals surface area contributed by atoms with E-state index in [-0.39, 0.29) is 0 Å². The molecule has 2 aliphatic heterocycles. The highest BCUT2D eigenvalue weighted by atomic mass is 32.2. The summed E-state index contributed by atoms with van der Waals surface area (Å²) in [4.78, 5) is 17.1. The van der Waals surface area contributed by atoms with Crippen LogP contribution in [0.3, 0.4) is 0 Å². The Balaban J connectivity index is 1.42. The fourth-order valence-electron chi connectivity index (χ4n) is 3.62. The molecule has 132 valence electrons. The molecule has 1 aromatic rings. The molecule has 1 amide bonds. The predicted molar refractivity (Wildman–Crippen MR) is 101 cm³/mol. The van der Waals surface area contributed by atoms with Crippen LogP contribution in [0.1, 0.15) is 24.8 Å². The molecule has 0 saturated carbocycles. The molecule has 1 aromatic carbocycles. The van der Waals surface area contributed by atoms with E-state index in [1.165, 1.54) is 11.3 Å². The highest BCUT2D eigenvalue weighted by molar-refractivity contribution is 7.99. The zero-order valence-corrected chi connectivity index (χ0v) is 15.4. The molecule has 0 bridgehead atoms. The number of piperidine rings is 1. The van der Waals surface area contributed by atoms with Gasteiger partial charge in [-0.3, -0.25) is 9.69 Å². The van der Waals surface area contributed by atoms with Gasteiger partial charge in [-0.1, -0.05) is 30.3 Å². The summed E-state index contributed by atoms with van der Waals surface area (Å²) in [7, 11) is 2.00. The van der Waals surface area contributed by atoms with Crippen molar-refractivity contribution >= 4 is 17.7 Å². The summed E-state index contributed by atoms with van der Waals surface area (Å²) >= 11 is 1.95. The Labute approximate surface area is 150 Å². The molecule has 0 radical (unpaired) electrons. The van der Waals surface area contributed by atoms with Crippen LogP contribution in [0.2, 0.25) is 0 Å². The molecule has 0 unspecified atom stereocenters. The summed E-state index contributed by atoms with van der Waals surface area (Å²) in [5.41, 5.74) is 1.38. The molecule has 2 aliphatic rings. The average Bonchev–Trinajstić information content (AvgIpc) is 2.63. The van der Waals surface area contributed by atoms with E-state index in [0.717, 1.165) is 44.8 Å². The molecular formula is C19H29N3OS. The maximum absolute atomic E-state index is 12.5. The summed E-state index contributed by atoms with van der Waals surface area (Å²) < 4.78 is 0. The lowest BCUT2D eigenvalue weighted by Gasteiger charge is -2.37. The quantitative estimate of drug-likeness (QED) is 0.886. The molecule has 0 aliphatic carbocycles. The topological polar surface area (TPSA) is 35.6 Å². The first-order chi connectivity index (χ1) is 11.7. The van der Waals surface area contributed by atoms with Crippen molar-refractivity contribution < 1.29 is 4.79 Å². The number of thioether (sulfide) groups is 1. The molecule has 4 nitrogen and oxygen atoms in total. The van der Waals surface area contributed by atoms with Crippen molar-refractivity contribution in [2.24, 2.45) is 0 Å². The van der Waals surface area contributed by atoms with Crippen molar-refractivity contribution in [2.45, 2.75) is 37.9 Å². The molecule has 3 rings (SSSR count). The van der Waals surface area contributed by atoms with Crippen molar-refractivity contribution in [3.63, 3.8) is 0 Å². The van der Waals surface area contributed by atoms with Crippen molar-refractivity contribution in [1.82, 2.24) is 15.1 Å². The Bertz CT molecular complexity index is 511. The van der Waals surface area contributed by atoms with Crippen LogP contribution >= 0.6 is 11.8 Å². The number of likely N-dealkylation sites (tertiary alicyclic amines) is 1. The van der Waals surface area contributed by atoms with Gasteiger partial charge in [-0.05, 0) is 18.4 Å². The molecular weight excluding hydrogens is 318 g/mol. The fourth-order valence-corrected chi connectivity index (χ4v) is 4.56. The number of rotatable bonds is 5. The molecule has 0 aromatic heterocycles. The van der Waals surface area contributed by atoms with Gasteiger partial charge < -0.3 is 10.2 Å². The van der Waals surface area contributed by atoms with E-state index in [0.29, 0.717) is 24.4 Å². The summed E-state index contributed by atoms with van der Waals surface area (Å²) in [6, 6.07) is 11.4. The molecule has 1 N–H and O–H groups in total.